The van der Waals surface area contributed by atoms with E-state index in [0.29, 0.717) is 24.3 Å². The Morgan fingerprint density at radius 1 is 1.36 bits per heavy atom. The molecule has 140 valence electrons. The third-order valence-electron chi connectivity index (χ3n) is 5.72. The van der Waals surface area contributed by atoms with E-state index in [-0.39, 0.29) is 0 Å². The van der Waals surface area contributed by atoms with E-state index in [0.717, 1.165) is 64.3 Å². The first-order chi connectivity index (χ1) is 12.1. The number of fused-ring (bicyclic) bond motifs is 1. The van der Waals surface area contributed by atoms with Gasteiger partial charge in [0.25, 0.3) is 0 Å². The minimum Gasteiger partial charge on any atom is -0.385 e. The maximum absolute atomic E-state index is 12.4. The molecule has 0 aliphatic carbocycles. The zero-order valence-electron chi connectivity index (χ0n) is 15.9. The number of carbonyl (C=O) groups is 1. The summed E-state index contributed by atoms with van der Waals surface area (Å²) in [5.74, 6) is 2.01. The Balaban J connectivity index is 1.59. The van der Waals surface area contributed by atoms with E-state index < -0.39 is 0 Å². The second-order valence-electron chi connectivity index (χ2n) is 7.43. The lowest BCUT2D eigenvalue weighted by Gasteiger charge is -2.47. The molecule has 0 aromatic carbocycles. The van der Waals surface area contributed by atoms with Crippen molar-refractivity contribution in [1.29, 1.82) is 0 Å². The summed E-state index contributed by atoms with van der Waals surface area (Å²) in [7, 11) is 1.72. The molecule has 0 saturated carbocycles. The standard InChI is InChI=1S/C19H32N4O2/c1-4-18-20-14(2)16(21-18)13-22-10-8-17-15(12-22)6-7-19(24)23(17)9-5-11-25-3/h15,17H,4-13H2,1-3H3,(H,20,21)/t15-,17+/m0/s1. The van der Waals surface area contributed by atoms with Gasteiger partial charge in [-0.3, -0.25) is 9.69 Å². The zero-order valence-corrected chi connectivity index (χ0v) is 15.9. The molecule has 6 heteroatoms. The van der Waals surface area contributed by atoms with Gasteiger partial charge in [-0.05, 0) is 32.1 Å². The van der Waals surface area contributed by atoms with Crippen molar-refractivity contribution in [2.75, 3.05) is 33.4 Å². The zero-order chi connectivity index (χ0) is 17.8. The fourth-order valence-electron chi connectivity index (χ4n) is 4.34. The molecule has 3 heterocycles. The highest BCUT2D eigenvalue weighted by Crippen LogP contribution is 2.32. The van der Waals surface area contributed by atoms with E-state index in [2.05, 4.69) is 28.6 Å². The molecule has 25 heavy (non-hydrogen) atoms. The molecule has 2 fully saturated rings. The van der Waals surface area contributed by atoms with Crippen LogP contribution in [-0.4, -0.2) is 65.1 Å². The number of likely N-dealkylation sites (tertiary alicyclic amines) is 2. The van der Waals surface area contributed by atoms with Crippen LogP contribution in [0, 0.1) is 12.8 Å². The molecule has 0 bridgehead atoms. The number of piperidine rings is 2. The Morgan fingerprint density at radius 3 is 2.92 bits per heavy atom. The normalized spacial score (nSPS) is 24.6. The summed E-state index contributed by atoms with van der Waals surface area (Å²) >= 11 is 0. The Bertz CT molecular complexity index is 586. The third kappa shape index (κ3) is 4.23. The first-order valence-corrected chi connectivity index (χ1v) is 9.67. The van der Waals surface area contributed by atoms with Crippen LogP contribution in [0.5, 0.6) is 0 Å². The number of rotatable bonds is 7. The highest BCUT2D eigenvalue weighted by atomic mass is 16.5. The van der Waals surface area contributed by atoms with Gasteiger partial charge in [0.2, 0.25) is 5.91 Å². The molecular weight excluding hydrogens is 316 g/mol. The van der Waals surface area contributed by atoms with E-state index in [4.69, 9.17) is 9.72 Å². The molecule has 2 aliphatic rings. The maximum Gasteiger partial charge on any atom is 0.222 e. The van der Waals surface area contributed by atoms with Crippen LogP contribution in [0.4, 0.5) is 0 Å². The van der Waals surface area contributed by atoms with Gasteiger partial charge in [0, 0.05) is 64.5 Å². The number of amides is 1. The van der Waals surface area contributed by atoms with E-state index in [1.54, 1.807) is 7.11 Å². The molecule has 0 unspecified atom stereocenters. The molecule has 3 rings (SSSR count). The Morgan fingerprint density at radius 2 is 2.20 bits per heavy atom. The van der Waals surface area contributed by atoms with Gasteiger partial charge in [0.1, 0.15) is 5.82 Å². The van der Waals surface area contributed by atoms with E-state index in [1.807, 2.05) is 0 Å². The molecule has 1 amide bonds. The number of nitrogens with zero attached hydrogens (tertiary/aromatic N) is 3. The average Bonchev–Trinajstić information content (AvgIpc) is 2.97. The quantitative estimate of drug-likeness (QED) is 0.767. The van der Waals surface area contributed by atoms with Gasteiger partial charge in [-0.1, -0.05) is 6.92 Å². The van der Waals surface area contributed by atoms with Crippen LogP contribution >= 0.6 is 0 Å². The fourth-order valence-corrected chi connectivity index (χ4v) is 4.34. The Labute approximate surface area is 150 Å². The molecule has 0 radical (unpaired) electrons. The van der Waals surface area contributed by atoms with E-state index >= 15 is 0 Å². The summed E-state index contributed by atoms with van der Waals surface area (Å²) in [5, 5.41) is 0. The molecule has 1 N–H and O–H groups in total. The molecule has 0 spiro atoms. The predicted octanol–water partition coefficient (Wildman–Crippen LogP) is 2.13. The van der Waals surface area contributed by atoms with Crippen LogP contribution in [0.1, 0.15) is 49.8 Å². The topological polar surface area (TPSA) is 61.5 Å². The van der Waals surface area contributed by atoms with Gasteiger partial charge in [0.05, 0.1) is 5.69 Å². The summed E-state index contributed by atoms with van der Waals surface area (Å²) in [4.78, 5) is 25.1. The summed E-state index contributed by atoms with van der Waals surface area (Å²) in [6, 6.07) is 0.417. The van der Waals surface area contributed by atoms with Crippen molar-refractivity contribution in [3.8, 4) is 0 Å². The van der Waals surface area contributed by atoms with Crippen LogP contribution in [0.2, 0.25) is 0 Å². The van der Waals surface area contributed by atoms with Crippen LogP contribution in [0.25, 0.3) is 0 Å². The monoisotopic (exact) mass is 348 g/mol. The number of methoxy groups -OCH3 is 1. The number of aryl methyl sites for hydroxylation is 2. The van der Waals surface area contributed by atoms with Crippen LogP contribution in [0.15, 0.2) is 0 Å². The molecule has 2 saturated heterocycles. The Hall–Kier alpha value is -1.40. The number of aromatic nitrogens is 2. The Kier molecular flexibility index (Phi) is 6.12. The van der Waals surface area contributed by atoms with E-state index in [9.17, 15) is 4.79 Å². The van der Waals surface area contributed by atoms with Gasteiger partial charge in [-0.15, -0.1) is 0 Å². The smallest absolute Gasteiger partial charge is 0.222 e. The van der Waals surface area contributed by atoms with Gasteiger partial charge in [-0.2, -0.15) is 0 Å². The molecule has 1 aromatic heterocycles. The predicted molar refractivity (Wildman–Crippen MR) is 97.3 cm³/mol. The largest absolute Gasteiger partial charge is 0.385 e. The molecular formula is C19H32N4O2. The van der Waals surface area contributed by atoms with Crippen molar-refractivity contribution in [2.45, 2.75) is 58.5 Å². The first-order valence-electron chi connectivity index (χ1n) is 9.67. The van der Waals surface area contributed by atoms with Crippen molar-refractivity contribution in [1.82, 2.24) is 19.8 Å². The molecule has 2 aliphatic heterocycles. The second kappa shape index (κ2) is 8.32. The summed E-state index contributed by atoms with van der Waals surface area (Å²) in [5.41, 5.74) is 2.37. The number of H-pyrrole nitrogens is 1. The van der Waals surface area contributed by atoms with Crippen molar-refractivity contribution in [3.63, 3.8) is 0 Å². The minimum atomic E-state index is 0.335. The highest BCUT2D eigenvalue weighted by molar-refractivity contribution is 5.77. The lowest BCUT2D eigenvalue weighted by Crippen LogP contribution is -2.56. The highest BCUT2D eigenvalue weighted by Gasteiger charge is 2.39. The number of hydrogen-bond acceptors (Lipinski definition) is 4. The summed E-state index contributed by atoms with van der Waals surface area (Å²) in [6.45, 7) is 8.85. The van der Waals surface area contributed by atoms with Gasteiger partial charge >= 0.3 is 0 Å². The molecule has 6 nitrogen and oxygen atoms in total. The summed E-state index contributed by atoms with van der Waals surface area (Å²) in [6.07, 6.45) is 4.68. The van der Waals surface area contributed by atoms with Crippen molar-refractivity contribution in [3.05, 3.63) is 17.2 Å². The fraction of sp³-hybridized carbons (Fsp3) is 0.789. The van der Waals surface area contributed by atoms with Crippen LogP contribution in [0.3, 0.4) is 0 Å². The second-order valence-corrected chi connectivity index (χ2v) is 7.43. The summed E-state index contributed by atoms with van der Waals surface area (Å²) < 4.78 is 5.15. The number of hydrogen-bond donors (Lipinski definition) is 1. The van der Waals surface area contributed by atoms with Crippen molar-refractivity contribution >= 4 is 5.91 Å². The number of imidazole rings is 1. The van der Waals surface area contributed by atoms with Crippen molar-refractivity contribution < 1.29 is 9.53 Å². The number of aromatic amines is 1. The lowest BCUT2D eigenvalue weighted by atomic mass is 9.83. The number of carbonyl (C=O) groups excluding carboxylic acids is 1. The van der Waals surface area contributed by atoms with Gasteiger partial charge in [-0.25, -0.2) is 4.98 Å². The minimum absolute atomic E-state index is 0.335. The lowest BCUT2D eigenvalue weighted by molar-refractivity contribution is -0.141. The average molecular weight is 348 g/mol. The number of nitrogens with one attached hydrogen (secondary N) is 1. The van der Waals surface area contributed by atoms with Gasteiger partial charge < -0.3 is 14.6 Å². The third-order valence-corrected chi connectivity index (χ3v) is 5.72. The van der Waals surface area contributed by atoms with Crippen LogP contribution < -0.4 is 0 Å². The van der Waals surface area contributed by atoms with Crippen LogP contribution in [-0.2, 0) is 22.5 Å². The molecule has 2 atom stereocenters. The molecule has 1 aromatic rings. The number of ether oxygens (including phenoxy) is 1. The SMILES string of the molecule is CCc1nc(CN2CC[C@@H]3[C@@H](CCC(=O)N3CCCOC)C2)c(C)[nH]1. The van der Waals surface area contributed by atoms with E-state index in [1.165, 1.54) is 11.4 Å². The maximum atomic E-state index is 12.4. The van der Waals surface area contributed by atoms with Crippen molar-refractivity contribution in [2.24, 2.45) is 5.92 Å². The van der Waals surface area contributed by atoms with Gasteiger partial charge in [0.15, 0.2) is 0 Å². The first kappa shape index (κ1) is 18.4.